The van der Waals surface area contributed by atoms with E-state index in [1.54, 1.807) is 41.5 Å². The molecule has 0 fully saturated rings. The normalized spacial score (nSPS) is 14.4. The summed E-state index contributed by atoms with van der Waals surface area (Å²) in [7, 11) is -12.1. The summed E-state index contributed by atoms with van der Waals surface area (Å²) in [5.74, 6) is -1.43. The van der Waals surface area contributed by atoms with E-state index < -0.39 is 53.6 Å². The Morgan fingerprint density at radius 3 is 1.06 bits per heavy atom. The van der Waals surface area contributed by atoms with Crippen LogP contribution in [0.1, 0.15) is 52.7 Å². The summed E-state index contributed by atoms with van der Waals surface area (Å²) in [6.45, 7) is 9.50. The van der Waals surface area contributed by atoms with Gasteiger partial charge in [-0.25, -0.2) is 0 Å². The van der Waals surface area contributed by atoms with Crippen molar-refractivity contribution in [1.29, 1.82) is 0 Å². The Labute approximate surface area is 193 Å². The molecule has 14 heteroatoms. The predicted octanol–water partition coefficient (Wildman–Crippen LogP) is 5.89. The fourth-order valence-corrected chi connectivity index (χ4v) is 3.89. The van der Waals surface area contributed by atoms with E-state index in [9.17, 15) is 43.2 Å². The minimum Gasteiger partial charge on any atom is -0.376 e. The lowest BCUT2D eigenvalue weighted by molar-refractivity contribution is -0.0505. The highest BCUT2D eigenvalue weighted by Gasteiger charge is 2.50. The Balaban J connectivity index is 2.89. The van der Waals surface area contributed by atoms with Gasteiger partial charge >= 0.3 is 31.3 Å². The molecule has 0 atom stereocenters. The van der Waals surface area contributed by atoms with Crippen LogP contribution >= 0.6 is 0 Å². The Kier molecular flexibility index (Phi) is 6.74. The zero-order valence-electron chi connectivity index (χ0n) is 18.8. The van der Waals surface area contributed by atoms with Crippen molar-refractivity contribution in [2.45, 2.75) is 63.4 Å². The molecule has 0 heterocycles. The first-order chi connectivity index (χ1) is 14.9. The van der Waals surface area contributed by atoms with Crippen LogP contribution in [0, 0.1) is 0 Å². The van der Waals surface area contributed by atoms with Gasteiger partial charge < -0.3 is 8.37 Å². The van der Waals surface area contributed by atoms with Crippen molar-refractivity contribution in [3.05, 3.63) is 35.4 Å². The van der Waals surface area contributed by atoms with Crippen molar-refractivity contribution in [3.8, 4) is 11.5 Å². The SMILES string of the molecule is CC(C)(C)c1cc2cc(C(C)(C)C)c(OS(=O)(=O)C(F)(F)F)cc2cc1OS(=O)(=O)C(F)(F)F. The second kappa shape index (κ2) is 8.18. The van der Waals surface area contributed by atoms with Crippen LogP contribution in [0.25, 0.3) is 10.8 Å². The topological polar surface area (TPSA) is 86.7 Å². The molecule has 0 radical (unpaired) electrons. The molecule has 0 unspecified atom stereocenters. The number of rotatable bonds is 4. The summed E-state index contributed by atoms with van der Waals surface area (Å²) in [6.07, 6.45) is 0. The van der Waals surface area contributed by atoms with Gasteiger partial charge in [-0.1, -0.05) is 41.5 Å². The summed E-state index contributed by atoms with van der Waals surface area (Å²) in [4.78, 5) is 0. The molecule has 6 nitrogen and oxygen atoms in total. The summed E-state index contributed by atoms with van der Waals surface area (Å²) in [5, 5.41) is 0.170. The van der Waals surface area contributed by atoms with Crippen LogP contribution in [0.15, 0.2) is 24.3 Å². The first-order valence-electron chi connectivity index (χ1n) is 9.51. The van der Waals surface area contributed by atoms with Gasteiger partial charge in [0.15, 0.2) is 0 Å². The van der Waals surface area contributed by atoms with E-state index in [2.05, 4.69) is 8.37 Å². The van der Waals surface area contributed by atoms with Crippen LogP contribution in [0.3, 0.4) is 0 Å². The second-order valence-electron chi connectivity index (χ2n) is 9.51. The van der Waals surface area contributed by atoms with E-state index in [0.717, 1.165) is 12.1 Å². The molecule has 0 aromatic heterocycles. The molecule has 0 saturated carbocycles. The van der Waals surface area contributed by atoms with Crippen molar-refractivity contribution in [2.75, 3.05) is 0 Å². The van der Waals surface area contributed by atoms with Gasteiger partial charge in [0.2, 0.25) is 0 Å². The van der Waals surface area contributed by atoms with Gasteiger partial charge in [-0.2, -0.15) is 43.2 Å². The van der Waals surface area contributed by atoms with E-state index >= 15 is 0 Å². The molecule has 0 bridgehead atoms. The first kappa shape index (κ1) is 28.0. The van der Waals surface area contributed by atoms with Crippen molar-refractivity contribution >= 4 is 31.0 Å². The van der Waals surface area contributed by atoms with Crippen LogP contribution in [-0.4, -0.2) is 27.9 Å². The van der Waals surface area contributed by atoms with E-state index in [-0.39, 0.29) is 21.9 Å². The maximum absolute atomic E-state index is 12.9. The quantitative estimate of drug-likeness (QED) is 0.275. The largest absolute Gasteiger partial charge is 0.534 e. The molecule has 2 aromatic rings. The Morgan fingerprint density at radius 2 is 0.824 bits per heavy atom. The summed E-state index contributed by atoms with van der Waals surface area (Å²) >= 11 is 0. The van der Waals surface area contributed by atoms with Gasteiger partial charge in [-0.15, -0.1) is 0 Å². The number of alkyl halides is 6. The maximum atomic E-state index is 12.9. The minimum atomic E-state index is -6.07. The molecule has 2 rings (SSSR count). The molecule has 0 N–H and O–H groups in total. The van der Waals surface area contributed by atoms with Crippen molar-refractivity contribution in [3.63, 3.8) is 0 Å². The van der Waals surface area contributed by atoms with Gasteiger partial charge in [-0.05, 0) is 45.9 Å². The molecule has 0 aliphatic rings. The minimum absolute atomic E-state index is 0.0595. The van der Waals surface area contributed by atoms with E-state index in [4.69, 9.17) is 0 Å². The molecule has 0 spiro atoms. The summed E-state index contributed by atoms with van der Waals surface area (Å²) < 4.78 is 133. The molecule has 0 amide bonds. The van der Waals surface area contributed by atoms with Crippen LogP contribution in [-0.2, 0) is 31.1 Å². The highest BCUT2D eigenvalue weighted by Crippen LogP contribution is 2.42. The van der Waals surface area contributed by atoms with Crippen LogP contribution < -0.4 is 8.37 Å². The summed E-state index contributed by atoms with van der Waals surface area (Å²) in [5.41, 5.74) is -13.2. The molecule has 0 aliphatic carbocycles. The number of fused-ring (bicyclic) bond motifs is 1. The van der Waals surface area contributed by atoms with Crippen LogP contribution in [0.2, 0.25) is 0 Å². The van der Waals surface area contributed by atoms with Gasteiger partial charge in [0.05, 0.1) is 0 Å². The van der Waals surface area contributed by atoms with Crippen molar-refractivity contribution < 1.29 is 51.5 Å². The van der Waals surface area contributed by atoms with Crippen molar-refractivity contribution in [1.82, 2.24) is 0 Å². The lowest BCUT2D eigenvalue weighted by atomic mass is 9.82. The number of hydrogen-bond donors (Lipinski definition) is 0. The Bertz CT molecular complexity index is 1210. The van der Waals surface area contributed by atoms with E-state index in [1.807, 2.05) is 0 Å². The third-order valence-corrected chi connectivity index (χ3v) is 6.55. The number of benzene rings is 2. The standard InChI is InChI=1S/C20H22F6O6S2/c1-17(2,3)13-7-11-8-14(18(4,5)6)16(32-34(29,30)20(24,25)26)10-12(11)9-15(13)31-33(27,28)19(21,22)23/h7-10H,1-6H3. The molecule has 192 valence electrons. The summed E-state index contributed by atoms with van der Waals surface area (Å²) in [6, 6.07) is 4.40. The highest BCUT2D eigenvalue weighted by atomic mass is 32.2. The fraction of sp³-hybridized carbons (Fsp3) is 0.500. The smallest absolute Gasteiger partial charge is 0.376 e. The molecule has 0 saturated heterocycles. The van der Waals surface area contributed by atoms with Gasteiger partial charge in [-0.3, -0.25) is 0 Å². The zero-order chi connectivity index (χ0) is 26.7. The maximum Gasteiger partial charge on any atom is 0.534 e. The molecular formula is C20H22F6O6S2. The van der Waals surface area contributed by atoms with Crippen LogP contribution in [0.5, 0.6) is 11.5 Å². The van der Waals surface area contributed by atoms with E-state index in [0.29, 0.717) is 0 Å². The second-order valence-corrected chi connectivity index (χ2v) is 12.6. The first-order valence-corrected chi connectivity index (χ1v) is 12.3. The van der Waals surface area contributed by atoms with Gasteiger partial charge in [0.25, 0.3) is 0 Å². The fourth-order valence-electron chi connectivity index (χ4n) is 2.95. The Hall–Kier alpha value is -2.22. The van der Waals surface area contributed by atoms with Crippen LogP contribution in [0.4, 0.5) is 26.3 Å². The molecule has 34 heavy (non-hydrogen) atoms. The lowest BCUT2D eigenvalue weighted by Gasteiger charge is -2.26. The highest BCUT2D eigenvalue weighted by molar-refractivity contribution is 7.88. The lowest BCUT2D eigenvalue weighted by Crippen LogP contribution is -2.29. The molecular weight excluding hydrogens is 514 g/mol. The average Bonchev–Trinajstić information content (AvgIpc) is 2.56. The monoisotopic (exact) mass is 536 g/mol. The molecule has 2 aromatic carbocycles. The zero-order valence-corrected chi connectivity index (χ0v) is 20.5. The van der Waals surface area contributed by atoms with Gasteiger partial charge in [0.1, 0.15) is 11.5 Å². The van der Waals surface area contributed by atoms with E-state index in [1.165, 1.54) is 12.1 Å². The molecule has 0 aliphatic heterocycles. The third-order valence-electron chi connectivity index (χ3n) is 4.62. The number of halogens is 6. The van der Waals surface area contributed by atoms with Crippen molar-refractivity contribution in [2.24, 2.45) is 0 Å². The third kappa shape index (κ3) is 5.70. The predicted molar refractivity (Wildman–Crippen MR) is 113 cm³/mol. The average molecular weight is 537 g/mol. The van der Waals surface area contributed by atoms with Gasteiger partial charge in [0, 0.05) is 11.1 Å². The number of hydrogen-bond acceptors (Lipinski definition) is 6. The Morgan fingerprint density at radius 1 is 0.559 bits per heavy atom.